The average Bonchev–Trinajstić information content (AvgIpc) is 3.53. The first-order valence-electron chi connectivity index (χ1n) is 15.9. The first-order valence-corrected chi connectivity index (χ1v) is 15.9. The molecule has 0 aliphatic carbocycles. The van der Waals surface area contributed by atoms with Crippen LogP contribution < -0.4 is 5.32 Å². The number of nitrogens with one attached hydrogen (secondary N) is 1. The standard InChI is InChI=1S/C43H27N3O/c1-3-10-32-26(8-1)16-18-28-20-22-30(24-36(28)32)41-44-42(31-23-21-29-19-17-27-9-2-4-11-33(27)37(29)25-31)46-43(45-41)35-13-7-15-39-40(35)34-12-5-6-14-38(34)47-39/h1-25,43H,(H,44,45,46). The van der Waals surface area contributed by atoms with Gasteiger partial charge in [-0.25, -0.2) is 9.98 Å². The minimum Gasteiger partial charge on any atom is -0.456 e. The maximum Gasteiger partial charge on any atom is 0.170 e. The molecule has 1 aromatic heterocycles. The number of hydrogen-bond donors (Lipinski definition) is 1. The van der Waals surface area contributed by atoms with Crippen LogP contribution in [0.2, 0.25) is 0 Å². The van der Waals surface area contributed by atoms with Gasteiger partial charge in [0, 0.05) is 27.5 Å². The highest BCUT2D eigenvalue weighted by atomic mass is 16.3. The zero-order valence-electron chi connectivity index (χ0n) is 25.3. The van der Waals surface area contributed by atoms with E-state index in [0.29, 0.717) is 0 Å². The molecule has 0 radical (unpaired) electrons. The number of furan rings is 1. The van der Waals surface area contributed by atoms with E-state index >= 15 is 0 Å². The molecule has 47 heavy (non-hydrogen) atoms. The van der Waals surface area contributed by atoms with Crippen molar-refractivity contribution in [1.82, 2.24) is 5.32 Å². The van der Waals surface area contributed by atoms with Crippen molar-refractivity contribution >= 4 is 76.7 Å². The van der Waals surface area contributed by atoms with E-state index < -0.39 is 6.17 Å². The van der Waals surface area contributed by atoms with E-state index in [0.717, 1.165) is 50.3 Å². The van der Waals surface area contributed by atoms with Crippen molar-refractivity contribution < 1.29 is 4.42 Å². The van der Waals surface area contributed by atoms with Crippen LogP contribution in [-0.2, 0) is 0 Å². The molecule has 0 atom stereocenters. The van der Waals surface area contributed by atoms with Crippen LogP contribution in [0.5, 0.6) is 0 Å². The second kappa shape index (κ2) is 10.1. The SMILES string of the molecule is c1ccc2c(c1)ccc1ccc(C3=NC(c4cccc5oc6ccccc6c45)N=C(c4ccc5ccc6ccccc6c5c4)N3)cc12. The quantitative estimate of drug-likeness (QED) is 0.205. The van der Waals surface area contributed by atoms with Crippen LogP contribution in [0.1, 0.15) is 22.9 Å². The number of hydrogen-bond acceptors (Lipinski definition) is 4. The van der Waals surface area contributed by atoms with Crippen LogP contribution in [-0.4, -0.2) is 11.7 Å². The van der Waals surface area contributed by atoms with E-state index in [9.17, 15) is 0 Å². The van der Waals surface area contributed by atoms with Gasteiger partial charge in [-0.2, -0.15) is 0 Å². The van der Waals surface area contributed by atoms with Gasteiger partial charge in [0.2, 0.25) is 0 Å². The van der Waals surface area contributed by atoms with Crippen LogP contribution in [0, 0.1) is 0 Å². The maximum absolute atomic E-state index is 6.27. The summed E-state index contributed by atoms with van der Waals surface area (Å²) >= 11 is 0. The van der Waals surface area contributed by atoms with E-state index in [2.05, 4.69) is 133 Å². The van der Waals surface area contributed by atoms with Gasteiger partial charge in [-0.3, -0.25) is 0 Å². The van der Waals surface area contributed by atoms with Crippen LogP contribution in [0.25, 0.3) is 65.0 Å². The summed E-state index contributed by atoms with van der Waals surface area (Å²) in [5.74, 6) is 1.58. The fourth-order valence-corrected chi connectivity index (χ4v) is 7.20. The smallest absolute Gasteiger partial charge is 0.170 e. The van der Waals surface area contributed by atoms with E-state index in [1.54, 1.807) is 0 Å². The molecule has 0 fully saturated rings. The van der Waals surface area contributed by atoms with Crippen molar-refractivity contribution in [2.75, 3.05) is 0 Å². The van der Waals surface area contributed by atoms with Gasteiger partial charge in [0.15, 0.2) is 6.17 Å². The number of benzene rings is 8. The summed E-state index contributed by atoms with van der Waals surface area (Å²) in [6.45, 7) is 0. The lowest BCUT2D eigenvalue weighted by Crippen LogP contribution is -2.36. The van der Waals surface area contributed by atoms with E-state index in [1.165, 1.54) is 43.1 Å². The number of fused-ring (bicyclic) bond motifs is 9. The maximum atomic E-state index is 6.27. The molecule has 9 aromatic rings. The van der Waals surface area contributed by atoms with Crippen LogP contribution >= 0.6 is 0 Å². The first-order chi connectivity index (χ1) is 23.3. The Morgan fingerprint density at radius 2 is 0.915 bits per heavy atom. The minimum atomic E-state index is -0.475. The highest BCUT2D eigenvalue weighted by Gasteiger charge is 2.24. The predicted octanol–water partition coefficient (Wildman–Crippen LogP) is 10.7. The van der Waals surface area contributed by atoms with E-state index in [-0.39, 0.29) is 0 Å². The summed E-state index contributed by atoms with van der Waals surface area (Å²) in [6.07, 6.45) is -0.475. The van der Waals surface area contributed by atoms with Gasteiger partial charge in [0.05, 0.1) is 0 Å². The Labute approximate surface area is 270 Å². The van der Waals surface area contributed by atoms with Crippen molar-refractivity contribution in [2.45, 2.75) is 6.17 Å². The van der Waals surface area contributed by atoms with Crippen LogP contribution in [0.15, 0.2) is 166 Å². The van der Waals surface area contributed by atoms with Crippen LogP contribution in [0.4, 0.5) is 0 Å². The number of rotatable bonds is 3. The van der Waals surface area contributed by atoms with Gasteiger partial charge in [0.1, 0.15) is 22.8 Å². The largest absolute Gasteiger partial charge is 0.456 e. The lowest BCUT2D eigenvalue weighted by molar-refractivity contribution is 0.667. The van der Waals surface area contributed by atoms with E-state index in [4.69, 9.17) is 14.4 Å². The van der Waals surface area contributed by atoms with Crippen molar-refractivity contribution in [3.05, 3.63) is 168 Å². The molecule has 0 amide bonds. The third-order valence-corrected chi connectivity index (χ3v) is 9.49. The Hall–Kier alpha value is -6.26. The Morgan fingerprint density at radius 3 is 1.53 bits per heavy atom. The molecule has 0 saturated carbocycles. The molecule has 0 unspecified atom stereocenters. The topological polar surface area (TPSA) is 49.9 Å². The number of amidine groups is 2. The summed E-state index contributed by atoms with van der Waals surface area (Å²) in [5.41, 5.74) is 4.75. The van der Waals surface area contributed by atoms with Gasteiger partial charge in [-0.05, 0) is 67.4 Å². The average molecular weight is 602 g/mol. The third-order valence-electron chi connectivity index (χ3n) is 9.49. The third kappa shape index (κ3) is 4.15. The lowest BCUT2D eigenvalue weighted by Gasteiger charge is -2.23. The second-order valence-electron chi connectivity index (χ2n) is 12.2. The Bertz CT molecular complexity index is 2650. The second-order valence-corrected chi connectivity index (χ2v) is 12.2. The molecular weight excluding hydrogens is 574 g/mol. The number of nitrogens with zero attached hydrogens (tertiary/aromatic N) is 2. The molecule has 8 aromatic carbocycles. The summed E-state index contributed by atoms with van der Waals surface area (Å²) < 4.78 is 6.27. The first kappa shape index (κ1) is 26.0. The highest BCUT2D eigenvalue weighted by molar-refractivity contribution is 6.20. The molecule has 4 nitrogen and oxygen atoms in total. The Morgan fingerprint density at radius 1 is 0.426 bits per heavy atom. The van der Waals surface area contributed by atoms with Gasteiger partial charge in [0.25, 0.3) is 0 Å². The molecule has 10 rings (SSSR count). The fraction of sp³-hybridized carbons (Fsp3) is 0.0233. The van der Waals surface area contributed by atoms with Crippen LogP contribution in [0.3, 0.4) is 0 Å². The van der Waals surface area contributed by atoms with Crippen molar-refractivity contribution in [3.8, 4) is 0 Å². The van der Waals surface area contributed by atoms with Gasteiger partial charge in [-0.15, -0.1) is 0 Å². The molecule has 4 heteroatoms. The zero-order valence-corrected chi connectivity index (χ0v) is 25.3. The predicted molar refractivity (Wildman–Crippen MR) is 196 cm³/mol. The van der Waals surface area contributed by atoms with Gasteiger partial charge < -0.3 is 9.73 Å². The summed E-state index contributed by atoms with van der Waals surface area (Å²) in [6, 6.07) is 53.4. The molecular formula is C43H27N3O. The highest BCUT2D eigenvalue weighted by Crippen LogP contribution is 2.37. The molecule has 1 aliphatic rings. The molecule has 2 heterocycles. The van der Waals surface area contributed by atoms with Gasteiger partial charge >= 0.3 is 0 Å². The molecule has 0 bridgehead atoms. The molecule has 220 valence electrons. The summed E-state index contributed by atoms with van der Waals surface area (Å²) in [5, 5.41) is 15.5. The molecule has 1 N–H and O–H groups in total. The number of aliphatic imine (C=N–C) groups is 2. The van der Waals surface area contributed by atoms with E-state index in [1.807, 2.05) is 24.3 Å². The monoisotopic (exact) mass is 601 g/mol. The summed E-state index contributed by atoms with van der Waals surface area (Å²) in [7, 11) is 0. The fourth-order valence-electron chi connectivity index (χ4n) is 7.20. The minimum absolute atomic E-state index is 0.475. The summed E-state index contributed by atoms with van der Waals surface area (Å²) in [4.78, 5) is 10.6. The zero-order chi connectivity index (χ0) is 30.9. The Kier molecular flexibility index (Phi) is 5.60. The lowest BCUT2D eigenvalue weighted by atomic mass is 9.98. The molecule has 0 saturated heterocycles. The van der Waals surface area contributed by atoms with Gasteiger partial charge in [-0.1, -0.05) is 127 Å². The van der Waals surface area contributed by atoms with Crippen molar-refractivity contribution in [3.63, 3.8) is 0 Å². The normalized spacial score (nSPS) is 13.9. The molecule has 0 spiro atoms. The van der Waals surface area contributed by atoms with Crippen molar-refractivity contribution in [1.29, 1.82) is 0 Å². The Balaban J connectivity index is 1.19. The number of para-hydroxylation sites is 1. The molecule has 1 aliphatic heterocycles. The van der Waals surface area contributed by atoms with Crippen molar-refractivity contribution in [2.24, 2.45) is 9.98 Å².